The smallest absolute Gasteiger partial charge is 0.321 e. The van der Waals surface area contributed by atoms with Crippen molar-refractivity contribution in [1.82, 2.24) is 10.1 Å². The van der Waals surface area contributed by atoms with Crippen LogP contribution in [0, 0.1) is 0 Å². The number of rotatable bonds is 3. The average Bonchev–Trinajstić information content (AvgIpc) is 2.83. The normalized spacial score (nSPS) is 29.2. The number of esters is 1. The molecule has 1 saturated heterocycles. The number of methoxy groups -OCH3 is 1. The second kappa shape index (κ2) is 3.78. The Bertz CT molecular complexity index is 472. The molecule has 2 heterocycles. The summed E-state index contributed by atoms with van der Waals surface area (Å²) in [6.45, 7) is 2.66. The van der Waals surface area contributed by atoms with Gasteiger partial charge in [-0.3, -0.25) is 4.79 Å². The number of carbonyl (C=O) groups excluding carboxylic acids is 1. The first kappa shape index (κ1) is 11.6. The molecule has 6 nitrogen and oxygen atoms in total. The molecular weight excluding hydrogens is 236 g/mol. The Labute approximate surface area is 105 Å². The average molecular weight is 252 g/mol. The summed E-state index contributed by atoms with van der Waals surface area (Å²) in [6, 6.07) is 0. The molecule has 1 aliphatic heterocycles. The van der Waals surface area contributed by atoms with E-state index in [9.17, 15) is 4.79 Å². The highest BCUT2D eigenvalue weighted by atomic mass is 16.5. The summed E-state index contributed by atoms with van der Waals surface area (Å²) in [6.07, 6.45) is 3.28. The molecule has 0 amide bonds. The number of hydrogen-bond donors (Lipinski definition) is 0. The number of ether oxygens (including phenoxy) is 2. The Kier molecular flexibility index (Phi) is 2.45. The van der Waals surface area contributed by atoms with E-state index in [4.69, 9.17) is 14.0 Å². The first-order chi connectivity index (χ1) is 8.61. The van der Waals surface area contributed by atoms with E-state index < -0.39 is 11.0 Å². The molecule has 1 aromatic heterocycles. The van der Waals surface area contributed by atoms with Crippen molar-refractivity contribution >= 4 is 5.97 Å². The highest BCUT2D eigenvalue weighted by molar-refractivity contribution is 5.85. The van der Waals surface area contributed by atoms with E-state index in [0.717, 1.165) is 12.8 Å². The molecule has 1 unspecified atom stereocenters. The lowest BCUT2D eigenvalue weighted by Crippen LogP contribution is -2.24. The van der Waals surface area contributed by atoms with Gasteiger partial charge in [0.25, 0.3) is 0 Å². The maximum absolute atomic E-state index is 11.7. The third-order valence-electron chi connectivity index (χ3n) is 3.85. The summed E-state index contributed by atoms with van der Waals surface area (Å²) in [5.41, 5.74) is -1.18. The minimum Gasteiger partial charge on any atom is -0.468 e. The lowest BCUT2D eigenvalue weighted by molar-refractivity contribution is -0.144. The first-order valence-electron chi connectivity index (χ1n) is 6.18. The Morgan fingerprint density at radius 1 is 1.39 bits per heavy atom. The highest BCUT2D eigenvalue weighted by Crippen LogP contribution is 2.49. The minimum absolute atomic E-state index is 0.296. The van der Waals surface area contributed by atoms with Gasteiger partial charge in [-0.1, -0.05) is 5.16 Å². The van der Waals surface area contributed by atoms with Gasteiger partial charge in [0, 0.05) is 6.61 Å². The van der Waals surface area contributed by atoms with Crippen LogP contribution in [0.1, 0.15) is 44.3 Å². The maximum Gasteiger partial charge on any atom is 0.321 e. The molecule has 0 spiro atoms. The minimum atomic E-state index is -0.699. The third kappa shape index (κ3) is 1.55. The van der Waals surface area contributed by atoms with Crippen molar-refractivity contribution in [2.75, 3.05) is 13.7 Å². The Morgan fingerprint density at radius 2 is 2.17 bits per heavy atom. The monoisotopic (exact) mass is 252 g/mol. The van der Waals surface area contributed by atoms with Crippen LogP contribution >= 0.6 is 0 Å². The second-order valence-electron chi connectivity index (χ2n) is 5.18. The van der Waals surface area contributed by atoms with Crippen LogP contribution in [-0.4, -0.2) is 29.8 Å². The lowest BCUT2D eigenvalue weighted by Gasteiger charge is -2.17. The van der Waals surface area contributed by atoms with Gasteiger partial charge in [-0.15, -0.1) is 0 Å². The molecule has 1 atom stereocenters. The van der Waals surface area contributed by atoms with Gasteiger partial charge in [-0.25, -0.2) is 0 Å². The van der Waals surface area contributed by atoms with Gasteiger partial charge in [0.2, 0.25) is 11.7 Å². The van der Waals surface area contributed by atoms with Crippen LogP contribution in [0.4, 0.5) is 0 Å². The van der Waals surface area contributed by atoms with E-state index >= 15 is 0 Å². The molecule has 0 bridgehead atoms. The molecule has 1 saturated carbocycles. The first-order valence-corrected chi connectivity index (χ1v) is 6.18. The summed E-state index contributed by atoms with van der Waals surface area (Å²) >= 11 is 0. The van der Waals surface area contributed by atoms with E-state index in [1.807, 2.05) is 6.92 Å². The summed E-state index contributed by atoms with van der Waals surface area (Å²) < 4.78 is 15.7. The fourth-order valence-corrected chi connectivity index (χ4v) is 2.41. The van der Waals surface area contributed by atoms with Crippen LogP contribution in [0.5, 0.6) is 0 Å². The van der Waals surface area contributed by atoms with Gasteiger partial charge >= 0.3 is 5.97 Å². The largest absolute Gasteiger partial charge is 0.468 e. The molecule has 1 aromatic rings. The third-order valence-corrected chi connectivity index (χ3v) is 3.85. The van der Waals surface area contributed by atoms with Crippen molar-refractivity contribution < 1.29 is 18.8 Å². The molecule has 0 radical (unpaired) electrons. The van der Waals surface area contributed by atoms with Crippen LogP contribution in [-0.2, 0) is 25.3 Å². The van der Waals surface area contributed by atoms with E-state index in [1.165, 1.54) is 7.11 Å². The summed E-state index contributed by atoms with van der Waals surface area (Å²) in [4.78, 5) is 16.1. The van der Waals surface area contributed by atoms with Gasteiger partial charge in [-0.05, 0) is 32.6 Å². The summed E-state index contributed by atoms with van der Waals surface area (Å²) in [5.74, 6) is 0.599. The lowest BCUT2D eigenvalue weighted by atomic mass is 10.0. The van der Waals surface area contributed by atoms with Crippen molar-refractivity contribution in [2.45, 2.75) is 43.6 Å². The fraction of sp³-hybridized carbons (Fsp3) is 0.750. The van der Waals surface area contributed by atoms with Gasteiger partial charge < -0.3 is 14.0 Å². The second-order valence-corrected chi connectivity index (χ2v) is 5.18. The van der Waals surface area contributed by atoms with E-state index in [-0.39, 0.29) is 5.97 Å². The Morgan fingerprint density at radius 3 is 2.72 bits per heavy atom. The molecule has 18 heavy (non-hydrogen) atoms. The SMILES string of the molecule is COC(=O)C1(c2nc(C3(C)CCCO3)no2)CC1. The van der Waals surface area contributed by atoms with Crippen molar-refractivity contribution in [2.24, 2.45) is 0 Å². The van der Waals surface area contributed by atoms with Crippen LogP contribution in [0.25, 0.3) is 0 Å². The van der Waals surface area contributed by atoms with E-state index in [2.05, 4.69) is 10.1 Å². The molecule has 3 rings (SSSR count). The molecule has 0 N–H and O–H groups in total. The van der Waals surface area contributed by atoms with Crippen molar-refractivity contribution in [3.63, 3.8) is 0 Å². The van der Waals surface area contributed by atoms with Crippen molar-refractivity contribution in [3.8, 4) is 0 Å². The van der Waals surface area contributed by atoms with Crippen LogP contribution in [0.15, 0.2) is 4.52 Å². The van der Waals surface area contributed by atoms with Crippen LogP contribution in [0.3, 0.4) is 0 Å². The molecule has 6 heteroatoms. The van der Waals surface area contributed by atoms with Crippen LogP contribution in [0.2, 0.25) is 0 Å². The van der Waals surface area contributed by atoms with Gasteiger partial charge in [0.1, 0.15) is 11.0 Å². The van der Waals surface area contributed by atoms with Crippen LogP contribution < -0.4 is 0 Å². The topological polar surface area (TPSA) is 74.5 Å². The fourth-order valence-electron chi connectivity index (χ4n) is 2.41. The van der Waals surface area contributed by atoms with Gasteiger partial charge in [-0.2, -0.15) is 4.98 Å². The zero-order valence-corrected chi connectivity index (χ0v) is 10.6. The highest BCUT2D eigenvalue weighted by Gasteiger charge is 2.58. The molecule has 98 valence electrons. The Hall–Kier alpha value is -1.43. The van der Waals surface area contributed by atoms with Gasteiger partial charge in [0.15, 0.2) is 0 Å². The maximum atomic E-state index is 11.7. The van der Waals surface area contributed by atoms with E-state index in [1.54, 1.807) is 0 Å². The van der Waals surface area contributed by atoms with E-state index in [0.29, 0.717) is 31.2 Å². The number of carbonyl (C=O) groups is 1. The predicted octanol–water partition coefficient (Wildman–Crippen LogP) is 1.30. The predicted molar refractivity (Wildman–Crippen MR) is 59.8 cm³/mol. The molecular formula is C12H16N2O4. The summed E-state index contributed by atoms with van der Waals surface area (Å²) in [5, 5.41) is 3.97. The number of hydrogen-bond acceptors (Lipinski definition) is 6. The number of nitrogens with zero attached hydrogens (tertiary/aromatic N) is 2. The molecule has 2 aliphatic rings. The zero-order valence-electron chi connectivity index (χ0n) is 10.6. The zero-order chi connectivity index (χ0) is 12.8. The van der Waals surface area contributed by atoms with Gasteiger partial charge in [0.05, 0.1) is 7.11 Å². The van der Waals surface area contributed by atoms with Crippen molar-refractivity contribution in [1.29, 1.82) is 0 Å². The quantitative estimate of drug-likeness (QED) is 0.755. The number of aromatic nitrogens is 2. The standard InChI is InChI=1S/C12H16N2O4/c1-11(4-3-7-17-11)8-13-9(18-14-8)12(5-6-12)10(15)16-2/h3-7H2,1-2H3. The Balaban J connectivity index is 1.88. The molecule has 2 fully saturated rings. The summed E-state index contributed by atoms with van der Waals surface area (Å²) in [7, 11) is 1.38. The molecule has 0 aromatic carbocycles. The molecule has 1 aliphatic carbocycles. The van der Waals surface area contributed by atoms with Crippen molar-refractivity contribution in [3.05, 3.63) is 11.7 Å².